The first-order chi connectivity index (χ1) is 18.1. The summed E-state index contributed by atoms with van der Waals surface area (Å²) >= 11 is 0. The molecule has 0 bridgehead atoms. The Labute approximate surface area is 235 Å². The number of nitrogens with one attached hydrogen (secondary N) is 1. The summed E-state index contributed by atoms with van der Waals surface area (Å²) in [5.41, 5.74) is 0.941. The molecule has 218 valence electrons. The van der Waals surface area contributed by atoms with Crippen LogP contribution in [0.2, 0.25) is 0 Å². The van der Waals surface area contributed by atoms with Crippen LogP contribution in [0.25, 0.3) is 0 Å². The van der Waals surface area contributed by atoms with Gasteiger partial charge in [0.15, 0.2) is 0 Å². The molecule has 0 spiro atoms. The SMILES string of the molecule is CC1(C)COB(c2ccc(C=NCCCN(CCCCNC(=O)OC(C)(C)C)C(=O)OC(C)(C)C)cc2)OC1. The number of rotatable bonds is 11. The highest BCUT2D eigenvalue weighted by Gasteiger charge is 2.33. The molecule has 2 amide bonds. The number of ether oxygens (including phenoxy) is 2. The van der Waals surface area contributed by atoms with E-state index in [0.29, 0.717) is 45.8 Å². The highest BCUT2D eigenvalue weighted by Crippen LogP contribution is 2.21. The van der Waals surface area contributed by atoms with Crippen LogP contribution in [0.5, 0.6) is 0 Å². The van der Waals surface area contributed by atoms with E-state index in [-0.39, 0.29) is 18.6 Å². The molecule has 0 aromatic heterocycles. The van der Waals surface area contributed by atoms with Gasteiger partial charge in [-0.1, -0.05) is 38.1 Å². The van der Waals surface area contributed by atoms with E-state index in [2.05, 4.69) is 24.2 Å². The lowest BCUT2D eigenvalue weighted by atomic mass is 9.76. The van der Waals surface area contributed by atoms with Gasteiger partial charge >= 0.3 is 19.3 Å². The fourth-order valence-electron chi connectivity index (χ4n) is 3.70. The van der Waals surface area contributed by atoms with Crippen molar-refractivity contribution in [3.05, 3.63) is 29.8 Å². The lowest BCUT2D eigenvalue weighted by molar-refractivity contribution is 0.0244. The van der Waals surface area contributed by atoms with Crippen molar-refractivity contribution in [3.63, 3.8) is 0 Å². The summed E-state index contributed by atoms with van der Waals surface area (Å²) in [6, 6.07) is 8.02. The third-order valence-electron chi connectivity index (χ3n) is 5.59. The van der Waals surface area contributed by atoms with Gasteiger partial charge in [0.1, 0.15) is 11.2 Å². The Kier molecular flexibility index (Phi) is 12.3. The number of carbonyl (C=O) groups excluding carboxylic acids is 2. The summed E-state index contributed by atoms with van der Waals surface area (Å²) in [6.07, 6.45) is 3.24. The van der Waals surface area contributed by atoms with Gasteiger partial charge in [0, 0.05) is 51.0 Å². The maximum Gasteiger partial charge on any atom is 0.493 e. The third kappa shape index (κ3) is 13.9. The summed E-state index contributed by atoms with van der Waals surface area (Å²) < 4.78 is 22.5. The Morgan fingerprint density at radius 2 is 1.56 bits per heavy atom. The Balaban J connectivity index is 1.77. The maximum absolute atomic E-state index is 12.7. The van der Waals surface area contributed by atoms with Crippen LogP contribution in [0, 0.1) is 5.41 Å². The Hall–Kier alpha value is -2.59. The second kappa shape index (κ2) is 14.7. The average Bonchev–Trinajstić information content (AvgIpc) is 2.80. The normalized spacial score (nSPS) is 15.7. The van der Waals surface area contributed by atoms with E-state index in [1.165, 1.54) is 0 Å². The molecule has 0 aliphatic carbocycles. The van der Waals surface area contributed by atoms with Crippen LogP contribution in [-0.2, 0) is 18.8 Å². The van der Waals surface area contributed by atoms with E-state index < -0.39 is 17.3 Å². The summed E-state index contributed by atoms with van der Waals surface area (Å²) in [6.45, 7) is 18.8. The largest absolute Gasteiger partial charge is 0.493 e. The van der Waals surface area contributed by atoms with Crippen molar-refractivity contribution in [1.29, 1.82) is 0 Å². The van der Waals surface area contributed by atoms with Gasteiger partial charge in [0.2, 0.25) is 0 Å². The first-order valence-electron chi connectivity index (χ1n) is 13.9. The van der Waals surface area contributed by atoms with Crippen LogP contribution < -0.4 is 10.8 Å². The second-order valence-corrected chi connectivity index (χ2v) is 12.8. The zero-order valence-electron chi connectivity index (χ0n) is 25.2. The van der Waals surface area contributed by atoms with E-state index in [1.54, 1.807) is 4.90 Å². The highest BCUT2D eigenvalue weighted by atomic mass is 16.6. The van der Waals surface area contributed by atoms with Gasteiger partial charge in [-0.3, -0.25) is 4.99 Å². The Bertz CT molecular complexity index is 928. The van der Waals surface area contributed by atoms with Crippen LogP contribution in [0.3, 0.4) is 0 Å². The molecule has 1 aromatic carbocycles. The van der Waals surface area contributed by atoms with E-state index >= 15 is 0 Å². The average molecular weight is 546 g/mol. The maximum atomic E-state index is 12.7. The quantitative estimate of drug-likeness (QED) is 0.244. The lowest BCUT2D eigenvalue weighted by Gasteiger charge is -2.33. The van der Waals surface area contributed by atoms with Crippen LogP contribution in [0.4, 0.5) is 9.59 Å². The molecular formula is C29H48BN3O6. The molecule has 1 aromatic rings. The molecule has 1 aliphatic rings. The summed E-state index contributed by atoms with van der Waals surface area (Å²) in [5, 5.41) is 2.75. The fraction of sp³-hybridized carbons (Fsp3) is 0.690. The van der Waals surface area contributed by atoms with Gasteiger partial charge in [-0.2, -0.15) is 0 Å². The number of hydrogen-bond acceptors (Lipinski definition) is 7. The van der Waals surface area contributed by atoms with E-state index in [4.69, 9.17) is 18.8 Å². The molecule has 1 N–H and O–H groups in total. The van der Waals surface area contributed by atoms with Gasteiger partial charge in [-0.05, 0) is 71.8 Å². The first-order valence-corrected chi connectivity index (χ1v) is 13.9. The van der Waals surface area contributed by atoms with Gasteiger partial charge in [0.25, 0.3) is 0 Å². The van der Waals surface area contributed by atoms with Crippen LogP contribution in [0.1, 0.15) is 80.2 Å². The van der Waals surface area contributed by atoms with E-state index in [0.717, 1.165) is 23.9 Å². The van der Waals surface area contributed by atoms with Crippen molar-refractivity contribution >= 4 is 31.0 Å². The second-order valence-electron chi connectivity index (χ2n) is 12.8. The first kappa shape index (κ1) is 32.6. The van der Waals surface area contributed by atoms with E-state index in [1.807, 2.05) is 72.0 Å². The Morgan fingerprint density at radius 3 is 2.15 bits per heavy atom. The minimum atomic E-state index is -0.568. The molecule has 9 nitrogen and oxygen atoms in total. The van der Waals surface area contributed by atoms with Gasteiger partial charge in [-0.15, -0.1) is 0 Å². The van der Waals surface area contributed by atoms with Crippen molar-refractivity contribution in [2.24, 2.45) is 10.4 Å². The predicted octanol–water partition coefficient (Wildman–Crippen LogP) is 4.81. The zero-order chi connectivity index (χ0) is 29.1. The summed E-state index contributed by atoms with van der Waals surface area (Å²) in [4.78, 5) is 30.8. The van der Waals surface area contributed by atoms with Gasteiger partial charge in [0.05, 0.1) is 0 Å². The summed E-state index contributed by atoms with van der Waals surface area (Å²) in [7, 11) is -0.323. The number of alkyl carbamates (subject to hydrolysis) is 1. The summed E-state index contributed by atoms with van der Waals surface area (Å²) in [5.74, 6) is 0. The van der Waals surface area contributed by atoms with Crippen LogP contribution >= 0.6 is 0 Å². The van der Waals surface area contributed by atoms with Crippen LogP contribution in [-0.4, -0.2) is 81.0 Å². The number of carbonyl (C=O) groups is 2. The number of benzene rings is 1. The standard InChI is InChI=1S/C29H48BN3O6/c1-27(2,3)38-25(34)32-17-9-10-18-33(26(35)39-28(4,5)6)19-11-16-31-20-23-12-14-24(15-13-23)30-36-21-29(7,8)22-37-30/h12-15,20H,9-11,16-19,21-22H2,1-8H3,(H,32,34). The highest BCUT2D eigenvalue weighted by molar-refractivity contribution is 6.61. The topological polar surface area (TPSA) is 98.7 Å². The van der Waals surface area contributed by atoms with E-state index in [9.17, 15) is 9.59 Å². The Morgan fingerprint density at radius 1 is 0.974 bits per heavy atom. The van der Waals surface area contributed by atoms with Crippen molar-refractivity contribution in [3.8, 4) is 0 Å². The molecule has 0 saturated carbocycles. The fourth-order valence-corrected chi connectivity index (χ4v) is 3.70. The molecule has 39 heavy (non-hydrogen) atoms. The monoisotopic (exact) mass is 545 g/mol. The smallest absolute Gasteiger partial charge is 0.444 e. The van der Waals surface area contributed by atoms with Gasteiger partial charge < -0.3 is 29.0 Å². The minimum Gasteiger partial charge on any atom is -0.444 e. The number of aliphatic imine (C=N–C) groups is 1. The predicted molar refractivity (Wildman–Crippen MR) is 156 cm³/mol. The molecule has 1 fully saturated rings. The number of amides is 2. The molecule has 1 heterocycles. The molecule has 10 heteroatoms. The molecular weight excluding hydrogens is 497 g/mol. The van der Waals surface area contributed by atoms with Crippen LogP contribution in [0.15, 0.2) is 29.3 Å². The van der Waals surface area contributed by atoms with Crippen molar-refractivity contribution in [1.82, 2.24) is 10.2 Å². The molecule has 0 atom stereocenters. The molecule has 0 radical (unpaired) electrons. The van der Waals surface area contributed by atoms with Crippen molar-refractivity contribution in [2.45, 2.75) is 85.9 Å². The molecule has 2 rings (SSSR count). The number of hydrogen-bond donors (Lipinski definition) is 1. The molecule has 1 saturated heterocycles. The van der Waals surface area contributed by atoms with Crippen molar-refractivity contribution in [2.75, 3.05) is 39.4 Å². The van der Waals surface area contributed by atoms with Crippen molar-refractivity contribution < 1.29 is 28.4 Å². The molecule has 0 unspecified atom stereocenters. The number of nitrogens with zero attached hydrogens (tertiary/aromatic N) is 2. The zero-order valence-corrected chi connectivity index (χ0v) is 25.2. The third-order valence-corrected chi connectivity index (χ3v) is 5.59. The minimum absolute atomic E-state index is 0.0428. The number of unbranched alkanes of at least 4 members (excludes halogenated alkanes) is 1. The van der Waals surface area contributed by atoms with Gasteiger partial charge in [-0.25, -0.2) is 9.59 Å². The lowest BCUT2D eigenvalue weighted by Crippen LogP contribution is -2.47. The molecule has 1 aliphatic heterocycles.